The smallest absolute Gasteiger partial charge is 0.238 e. The second-order valence-electron chi connectivity index (χ2n) is 3.87. The van der Waals surface area contributed by atoms with E-state index >= 15 is 0 Å². The molecule has 16 heavy (non-hydrogen) atoms. The molecule has 0 saturated heterocycles. The summed E-state index contributed by atoms with van der Waals surface area (Å²) < 4.78 is 0. The predicted octanol–water partition coefficient (Wildman–Crippen LogP) is 1.78. The minimum atomic E-state index is -0.966. The number of carbonyl (C=O) groups is 1. The number of hydrogen-bond donors (Lipinski definition) is 2. The summed E-state index contributed by atoms with van der Waals surface area (Å²) in [6, 6.07) is 7.60. The molecule has 5 heteroatoms. The van der Waals surface area contributed by atoms with Gasteiger partial charge in [-0.1, -0.05) is 29.8 Å². The van der Waals surface area contributed by atoms with E-state index in [2.05, 4.69) is 0 Å². The molecule has 0 spiro atoms. The predicted molar refractivity (Wildman–Crippen MR) is 69.4 cm³/mol. The molecule has 3 nitrogen and oxygen atoms in total. The molecule has 0 bridgehead atoms. The molecule has 1 atom stereocenters. The molecule has 0 radical (unpaired) electrons. The minimum absolute atomic E-state index is 0.480. The van der Waals surface area contributed by atoms with Gasteiger partial charge in [0.05, 0.1) is 0 Å². The van der Waals surface area contributed by atoms with Gasteiger partial charge in [0, 0.05) is 16.5 Å². The molecule has 88 valence electrons. The highest BCUT2D eigenvalue weighted by atomic mass is 35.5. The maximum atomic E-state index is 11.0. The summed E-state index contributed by atoms with van der Waals surface area (Å²) in [4.78, 5) is 11.0. The molecule has 1 rings (SSSR count). The maximum absolute atomic E-state index is 11.0. The molecule has 1 unspecified atom stereocenters. The summed E-state index contributed by atoms with van der Waals surface area (Å²) in [5.74, 6) is 0.715. The Balaban J connectivity index is 2.48. The van der Waals surface area contributed by atoms with Crippen LogP contribution in [0.15, 0.2) is 24.3 Å². The Morgan fingerprint density at radius 2 is 2.12 bits per heavy atom. The van der Waals surface area contributed by atoms with Crippen molar-refractivity contribution in [2.45, 2.75) is 18.2 Å². The summed E-state index contributed by atoms with van der Waals surface area (Å²) >= 11 is 7.55. The van der Waals surface area contributed by atoms with Crippen molar-refractivity contribution >= 4 is 29.3 Å². The molecule has 0 heterocycles. The third-order valence-corrected chi connectivity index (χ3v) is 3.87. The van der Waals surface area contributed by atoms with Gasteiger partial charge in [0.15, 0.2) is 0 Å². The Bertz CT molecular complexity index is 382. The Labute approximate surface area is 105 Å². The number of nitrogens with two attached hydrogens (primary N) is 2. The molecule has 0 aliphatic rings. The van der Waals surface area contributed by atoms with Crippen molar-refractivity contribution in [3.8, 4) is 0 Å². The van der Waals surface area contributed by atoms with Gasteiger partial charge in [-0.3, -0.25) is 4.79 Å². The molecule has 0 saturated carbocycles. The molecule has 0 aromatic heterocycles. The lowest BCUT2D eigenvalue weighted by Gasteiger charge is -2.19. The Hall–Kier alpha value is -0.710. The van der Waals surface area contributed by atoms with E-state index in [-0.39, 0.29) is 0 Å². The highest BCUT2D eigenvalue weighted by molar-refractivity contribution is 7.98. The summed E-state index contributed by atoms with van der Waals surface area (Å²) in [6.07, 6.45) is 0. The van der Waals surface area contributed by atoms with Gasteiger partial charge >= 0.3 is 0 Å². The second kappa shape index (κ2) is 5.57. The lowest BCUT2D eigenvalue weighted by molar-refractivity contribution is -0.121. The van der Waals surface area contributed by atoms with E-state index in [1.165, 1.54) is 0 Å². The van der Waals surface area contributed by atoms with Gasteiger partial charge in [0.1, 0.15) is 5.54 Å². The van der Waals surface area contributed by atoms with E-state index in [0.717, 1.165) is 16.3 Å². The first kappa shape index (κ1) is 13.4. The molecule has 1 aromatic rings. The average Bonchev–Trinajstić information content (AvgIpc) is 2.20. The van der Waals surface area contributed by atoms with Gasteiger partial charge in [0.2, 0.25) is 5.91 Å². The summed E-state index contributed by atoms with van der Waals surface area (Å²) in [7, 11) is 0. The minimum Gasteiger partial charge on any atom is -0.368 e. The topological polar surface area (TPSA) is 69.1 Å². The van der Waals surface area contributed by atoms with Crippen molar-refractivity contribution in [3.63, 3.8) is 0 Å². The van der Waals surface area contributed by atoms with Gasteiger partial charge in [-0.2, -0.15) is 11.8 Å². The van der Waals surface area contributed by atoms with Crippen molar-refractivity contribution in [1.29, 1.82) is 0 Å². The zero-order valence-corrected chi connectivity index (χ0v) is 10.6. The van der Waals surface area contributed by atoms with Gasteiger partial charge in [-0.05, 0) is 18.6 Å². The summed E-state index contributed by atoms with van der Waals surface area (Å²) in [5.41, 5.74) is 11.0. The van der Waals surface area contributed by atoms with Crippen molar-refractivity contribution in [3.05, 3.63) is 34.9 Å². The van der Waals surface area contributed by atoms with Crippen molar-refractivity contribution < 1.29 is 4.79 Å². The van der Waals surface area contributed by atoms with Gasteiger partial charge in [-0.25, -0.2) is 0 Å². The number of hydrogen-bond acceptors (Lipinski definition) is 3. The van der Waals surface area contributed by atoms with Crippen LogP contribution in [0.2, 0.25) is 5.02 Å². The molecule has 1 aromatic carbocycles. The van der Waals surface area contributed by atoms with Crippen molar-refractivity contribution in [2.75, 3.05) is 5.75 Å². The summed E-state index contributed by atoms with van der Waals surface area (Å²) in [5, 5.41) is 0.729. The number of halogens is 1. The fourth-order valence-corrected chi connectivity index (χ4v) is 2.48. The van der Waals surface area contributed by atoms with Gasteiger partial charge in [-0.15, -0.1) is 0 Å². The molecular formula is C11H15ClN2OS. The Morgan fingerprint density at radius 1 is 1.50 bits per heavy atom. The van der Waals surface area contributed by atoms with Crippen LogP contribution in [0.5, 0.6) is 0 Å². The third kappa shape index (κ3) is 3.70. The number of benzene rings is 1. The standard InChI is InChI=1S/C11H15ClN2OS/c1-11(14,10(13)15)7-16-6-8-4-2-3-5-9(8)12/h2-5H,6-7,14H2,1H3,(H2,13,15). The summed E-state index contributed by atoms with van der Waals surface area (Å²) in [6.45, 7) is 1.63. The zero-order valence-electron chi connectivity index (χ0n) is 9.07. The first-order valence-electron chi connectivity index (χ1n) is 4.83. The van der Waals surface area contributed by atoms with E-state index in [9.17, 15) is 4.79 Å². The largest absolute Gasteiger partial charge is 0.368 e. The number of amides is 1. The van der Waals surface area contributed by atoms with Crippen molar-refractivity contribution in [1.82, 2.24) is 0 Å². The fourth-order valence-electron chi connectivity index (χ4n) is 1.06. The van der Waals surface area contributed by atoms with Crippen LogP contribution in [0.3, 0.4) is 0 Å². The lowest BCUT2D eigenvalue weighted by Crippen LogP contribution is -2.51. The fraction of sp³-hybridized carbons (Fsp3) is 0.364. The molecule has 0 aliphatic carbocycles. The van der Waals surface area contributed by atoms with Crippen LogP contribution in [-0.4, -0.2) is 17.2 Å². The van der Waals surface area contributed by atoms with Crippen LogP contribution in [0.1, 0.15) is 12.5 Å². The van der Waals surface area contributed by atoms with Crippen LogP contribution in [0.4, 0.5) is 0 Å². The van der Waals surface area contributed by atoms with E-state index in [1.807, 2.05) is 24.3 Å². The molecular weight excluding hydrogens is 244 g/mol. The number of rotatable bonds is 5. The molecule has 0 fully saturated rings. The number of thioether (sulfide) groups is 1. The van der Waals surface area contributed by atoms with Crippen LogP contribution in [0, 0.1) is 0 Å². The number of primary amides is 1. The van der Waals surface area contributed by atoms with E-state index in [0.29, 0.717) is 5.75 Å². The van der Waals surface area contributed by atoms with E-state index < -0.39 is 11.4 Å². The number of carbonyl (C=O) groups excluding carboxylic acids is 1. The molecule has 4 N–H and O–H groups in total. The second-order valence-corrected chi connectivity index (χ2v) is 5.26. The quantitative estimate of drug-likeness (QED) is 0.846. The lowest BCUT2D eigenvalue weighted by atomic mass is 10.1. The molecule has 0 aliphatic heterocycles. The Morgan fingerprint density at radius 3 is 2.69 bits per heavy atom. The highest BCUT2D eigenvalue weighted by Crippen LogP contribution is 2.22. The van der Waals surface area contributed by atoms with Crippen molar-refractivity contribution in [2.24, 2.45) is 11.5 Å². The first-order valence-corrected chi connectivity index (χ1v) is 6.36. The van der Waals surface area contributed by atoms with E-state index in [4.69, 9.17) is 23.1 Å². The Kier molecular flexibility index (Phi) is 4.65. The third-order valence-electron chi connectivity index (χ3n) is 2.18. The van der Waals surface area contributed by atoms with Crippen LogP contribution < -0.4 is 11.5 Å². The monoisotopic (exact) mass is 258 g/mol. The van der Waals surface area contributed by atoms with E-state index in [1.54, 1.807) is 18.7 Å². The van der Waals surface area contributed by atoms with Crippen LogP contribution in [-0.2, 0) is 10.5 Å². The van der Waals surface area contributed by atoms with Crippen LogP contribution in [0.25, 0.3) is 0 Å². The first-order chi connectivity index (χ1) is 7.43. The highest BCUT2D eigenvalue weighted by Gasteiger charge is 2.25. The average molecular weight is 259 g/mol. The maximum Gasteiger partial charge on any atom is 0.238 e. The molecule has 1 amide bonds. The van der Waals surface area contributed by atoms with Gasteiger partial charge in [0.25, 0.3) is 0 Å². The SMILES string of the molecule is CC(N)(CSCc1ccccc1Cl)C(N)=O. The van der Waals surface area contributed by atoms with Crippen LogP contribution >= 0.6 is 23.4 Å². The normalized spacial score (nSPS) is 14.4. The zero-order chi connectivity index (χ0) is 12.2. The van der Waals surface area contributed by atoms with Gasteiger partial charge < -0.3 is 11.5 Å².